The number of nitrogens with one attached hydrogen (secondary N) is 1. The fourth-order valence-electron chi connectivity index (χ4n) is 3.74. The van der Waals surface area contributed by atoms with Crippen molar-refractivity contribution in [2.45, 2.75) is 31.6 Å². The SMILES string of the molecule is CN=C(NCC1CCOc2ccccc21)N(C)CCC1CCOCC1. The number of para-hydroxylation sites is 1. The smallest absolute Gasteiger partial charge is 0.193 e. The van der Waals surface area contributed by atoms with E-state index >= 15 is 0 Å². The molecule has 0 spiro atoms. The summed E-state index contributed by atoms with van der Waals surface area (Å²) in [6, 6.07) is 8.38. The van der Waals surface area contributed by atoms with Crippen LogP contribution in [0.2, 0.25) is 0 Å². The van der Waals surface area contributed by atoms with E-state index in [9.17, 15) is 0 Å². The summed E-state index contributed by atoms with van der Waals surface area (Å²) in [5, 5.41) is 3.56. The van der Waals surface area contributed by atoms with Gasteiger partial charge in [0.05, 0.1) is 6.61 Å². The van der Waals surface area contributed by atoms with Gasteiger partial charge < -0.3 is 19.7 Å². The average molecular weight is 345 g/mol. The van der Waals surface area contributed by atoms with Gasteiger partial charge in [-0.3, -0.25) is 4.99 Å². The van der Waals surface area contributed by atoms with Gasteiger partial charge in [0.25, 0.3) is 0 Å². The van der Waals surface area contributed by atoms with Crippen LogP contribution in [0.1, 0.15) is 37.2 Å². The standard InChI is InChI=1S/C20H31N3O2/c1-21-20(23(2)11-7-16-8-12-24-13-9-16)22-15-17-10-14-25-19-6-4-3-5-18(17)19/h3-6,16-17H,7-15H2,1-2H3,(H,21,22). The van der Waals surface area contributed by atoms with Crippen LogP contribution in [0.5, 0.6) is 5.75 Å². The van der Waals surface area contributed by atoms with Crippen molar-refractivity contribution in [1.29, 1.82) is 0 Å². The van der Waals surface area contributed by atoms with Gasteiger partial charge in [0.2, 0.25) is 0 Å². The van der Waals surface area contributed by atoms with Crippen molar-refractivity contribution < 1.29 is 9.47 Å². The highest BCUT2D eigenvalue weighted by Crippen LogP contribution is 2.32. The molecule has 2 aliphatic heterocycles. The Kier molecular flexibility index (Phi) is 6.56. The quantitative estimate of drug-likeness (QED) is 0.658. The molecule has 0 bridgehead atoms. The Balaban J connectivity index is 1.49. The third kappa shape index (κ3) is 4.88. The summed E-state index contributed by atoms with van der Waals surface area (Å²) in [7, 11) is 4.00. The predicted octanol–water partition coefficient (Wildman–Crippen LogP) is 2.88. The van der Waals surface area contributed by atoms with Crippen molar-refractivity contribution in [1.82, 2.24) is 10.2 Å². The minimum absolute atomic E-state index is 0.477. The lowest BCUT2D eigenvalue weighted by Crippen LogP contribution is -2.42. The van der Waals surface area contributed by atoms with E-state index in [1.807, 2.05) is 13.1 Å². The fraction of sp³-hybridized carbons (Fsp3) is 0.650. The molecule has 1 unspecified atom stereocenters. The maximum absolute atomic E-state index is 5.76. The number of aliphatic imine (C=N–C) groups is 1. The first kappa shape index (κ1) is 18.1. The normalized spacial score (nSPS) is 21.4. The summed E-state index contributed by atoms with van der Waals surface area (Å²) in [4.78, 5) is 6.72. The molecule has 2 heterocycles. The third-order valence-corrected chi connectivity index (χ3v) is 5.38. The van der Waals surface area contributed by atoms with Gasteiger partial charge in [-0.05, 0) is 43.2 Å². The summed E-state index contributed by atoms with van der Waals surface area (Å²) in [5.41, 5.74) is 1.31. The topological polar surface area (TPSA) is 46.1 Å². The second-order valence-corrected chi connectivity index (χ2v) is 7.07. The summed E-state index contributed by atoms with van der Waals surface area (Å²) in [6.07, 6.45) is 4.64. The lowest BCUT2D eigenvalue weighted by Gasteiger charge is -2.29. The summed E-state index contributed by atoms with van der Waals surface area (Å²) in [5.74, 6) is 3.28. The highest BCUT2D eigenvalue weighted by atomic mass is 16.5. The number of ether oxygens (including phenoxy) is 2. The number of hydrogen-bond donors (Lipinski definition) is 1. The van der Waals surface area contributed by atoms with Crippen LogP contribution in [0.4, 0.5) is 0 Å². The van der Waals surface area contributed by atoms with Gasteiger partial charge in [-0.15, -0.1) is 0 Å². The van der Waals surface area contributed by atoms with Crippen LogP contribution < -0.4 is 10.1 Å². The number of guanidine groups is 1. The van der Waals surface area contributed by atoms with Gasteiger partial charge in [-0.2, -0.15) is 0 Å². The molecule has 1 aromatic carbocycles. The Morgan fingerprint density at radius 2 is 2.00 bits per heavy atom. The average Bonchev–Trinajstić information content (AvgIpc) is 2.67. The van der Waals surface area contributed by atoms with Crippen LogP contribution in [-0.2, 0) is 4.74 Å². The van der Waals surface area contributed by atoms with Crippen LogP contribution in [-0.4, -0.2) is 57.9 Å². The van der Waals surface area contributed by atoms with E-state index in [-0.39, 0.29) is 0 Å². The van der Waals surface area contributed by atoms with E-state index in [2.05, 4.69) is 40.5 Å². The zero-order valence-corrected chi connectivity index (χ0v) is 15.5. The molecule has 1 N–H and O–H groups in total. The van der Waals surface area contributed by atoms with Crippen molar-refractivity contribution >= 4 is 5.96 Å². The fourth-order valence-corrected chi connectivity index (χ4v) is 3.74. The first-order chi connectivity index (χ1) is 12.3. The van der Waals surface area contributed by atoms with E-state index in [1.165, 1.54) is 24.8 Å². The zero-order chi connectivity index (χ0) is 17.5. The molecule has 1 saturated heterocycles. The van der Waals surface area contributed by atoms with Crippen molar-refractivity contribution in [2.75, 3.05) is 47.0 Å². The molecule has 1 atom stereocenters. The Labute approximate surface area is 151 Å². The van der Waals surface area contributed by atoms with Crippen LogP contribution in [0, 0.1) is 5.92 Å². The minimum Gasteiger partial charge on any atom is -0.493 e. The maximum Gasteiger partial charge on any atom is 0.193 e. The van der Waals surface area contributed by atoms with Crippen LogP contribution in [0.3, 0.4) is 0 Å². The first-order valence-electron chi connectivity index (χ1n) is 9.49. The lowest BCUT2D eigenvalue weighted by atomic mass is 9.93. The van der Waals surface area contributed by atoms with Gasteiger partial charge in [-0.1, -0.05) is 18.2 Å². The Morgan fingerprint density at radius 3 is 2.80 bits per heavy atom. The second-order valence-electron chi connectivity index (χ2n) is 7.07. The molecule has 1 fully saturated rings. The molecular formula is C20H31N3O2. The monoisotopic (exact) mass is 345 g/mol. The molecule has 5 heteroatoms. The number of benzene rings is 1. The van der Waals surface area contributed by atoms with Crippen molar-refractivity contribution in [3.05, 3.63) is 29.8 Å². The van der Waals surface area contributed by atoms with Gasteiger partial charge in [-0.25, -0.2) is 0 Å². The molecule has 2 aliphatic rings. The molecule has 3 rings (SSSR count). The molecular weight excluding hydrogens is 314 g/mol. The number of nitrogens with zero attached hydrogens (tertiary/aromatic N) is 2. The first-order valence-corrected chi connectivity index (χ1v) is 9.49. The third-order valence-electron chi connectivity index (χ3n) is 5.38. The predicted molar refractivity (Wildman–Crippen MR) is 101 cm³/mol. The number of fused-ring (bicyclic) bond motifs is 1. The van der Waals surface area contributed by atoms with Gasteiger partial charge in [0.15, 0.2) is 5.96 Å². The Morgan fingerprint density at radius 1 is 1.20 bits per heavy atom. The van der Waals surface area contributed by atoms with E-state index in [0.717, 1.165) is 57.0 Å². The zero-order valence-electron chi connectivity index (χ0n) is 15.5. The van der Waals surface area contributed by atoms with E-state index in [4.69, 9.17) is 9.47 Å². The molecule has 0 radical (unpaired) electrons. The van der Waals surface area contributed by atoms with Crippen molar-refractivity contribution in [3.8, 4) is 5.75 Å². The minimum atomic E-state index is 0.477. The van der Waals surface area contributed by atoms with E-state index < -0.39 is 0 Å². The molecule has 0 aliphatic carbocycles. The summed E-state index contributed by atoms with van der Waals surface area (Å²) in [6.45, 7) is 4.57. The maximum atomic E-state index is 5.76. The van der Waals surface area contributed by atoms with E-state index in [1.54, 1.807) is 0 Å². The largest absolute Gasteiger partial charge is 0.493 e. The van der Waals surface area contributed by atoms with Gasteiger partial charge in [0, 0.05) is 46.3 Å². The van der Waals surface area contributed by atoms with Gasteiger partial charge in [0.1, 0.15) is 5.75 Å². The van der Waals surface area contributed by atoms with Crippen LogP contribution in [0.15, 0.2) is 29.3 Å². The van der Waals surface area contributed by atoms with Crippen molar-refractivity contribution in [2.24, 2.45) is 10.9 Å². The number of hydrogen-bond acceptors (Lipinski definition) is 3. The molecule has 0 aromatic heterocycles. The number of rotatable bonds is 5. The Hall–Kier alpha value is -1.75. The summed E-state index contributed by atoms with van der Waals surface area (Å²) >= 11 is 0. The molecule has 1 aromatic rings. The van der Waals surface area contributed by atoms with Gasteiger partial charge >= 0.3 is 0 Å². The second kappa shape index (κ2) is 9.09. The molecule has 5 nitrogen and oxygen atoms in total. The molecule has 0 amide bonds. The highest BCUT2D eigenvalue weighted by molar-refractivity contribution is 5.79. The molecule has 138 valence electrons. The lowest BCUT2D eigenvalue weighted by molar-refractivity contribution is 0.0625. The van der Waals surface area contributed by atoms with E-state index in [0.29, 0.717) is 5.92 Å². The molecule has 0 saturated carbocycles. The van der Waals surface area contributed by atoms with Crippen LogP contribution in [0.25, 0.3) is 0 Å². The van der Waals surface area contributed by atoms with Crippen LogP contribution >= 0.6 is 0 Å². The molecule has 25 heavy (non-hydrogen) atoms. The highest BCUT2D eigenvalue weighted by Gasteiger charge is 2.22. The van der Waals surface area contributed by atoms with Crippen molar-refractivity contribution in [3.63, 3.8) is 0 Å². The Bertz CT molecular complexity index is 570. The summed E-state index contributed by atoms with van der Waals surface area (Å²) < 4.78 is 11.2.